The molecular formula is C16H22ClFN2. The zero-order valence-electron chi connectivity index (χ0n) is 12.7. The minimum absolute atomic E-state index is 0.196. The van der Waals surface area contributed by atoms with E-state index in [4.69, 9.17) is 11.6 Å². The number of rotatable bonds is 4. The second-order valence-corrected chi connectivity index (χ2v) is 6.42. The smallest absolute Gasteiger partial charge is 0.128 e. The van der Waals surface area contributed by atoms with Crippen molar-refractivity contribution in [2.45, 2.75) is 52.5 Å². The molecule has 4 heteroatoms. The fourth-order valence-electron chi connectivity index (χ4n) is 2.82. The van der Waals surface area contributed by atoms with Gasteiger partial charge in [0.05, 0.1) is 16.4 Å². The molecule has 1 heterocycles. The van der Waals surface area contributed by atoms with Crippen LogP contribution in [0.4, 0.5) is 4.39 Å². The van der Waals surface area contributed by atoms with Crippen LogP contribution in [0.5, 0.6) is 0 Å². The van der Waals surface area contributed by atoms with Gasteiger partial charge in [0.2, 0.25) is 0 Å². The summed E-state index contributed by atoms with van der Waals surface area (Å²) in [5, 5.41) is -0.196. The van der Waals surface area contributed by atoms with Crippen LogP contribution in [0.25, 0.3) is 11.0 Å². The Hall–Kier alpha value is -1.09. The molecule has 2 aromatic rings. The highest BCUT2D eigenvalue weighted by molar-refractivity contribution is 6.20. The van der Waals surface area contributed by atoms with Crippen LogP contribution in [-0.4, -0.2) is 9.55 Å². The van der Waals surface area contributed by atoms with Gasteiger partial charge >= 0.3 is 0 Å². The van der Waals surface area contributed by atoms with Gasteiger partial charge in [-0.15, -0.1) is 11.6 Å². The topological polar surface area (TPSA) is 17.8 Å². The summed E-state index contributed by atoms with van der Waals surface area (Å²) in [6, 6.07) is 3.71. The van der Waals surface area contributed by atoms with Crippen LogP contribution in [0.15, 0.2) is 12.1 Å². The van der Waals surface area contributed by atoms with E-state index in [9.17, 15) is 4.39 Å². The number of nitrogens with zero attached hydrogens (tertiary/aromatic N) is 2. The molecule has 1 aromatic carbocycles. The van der Waals surface area contributed by atoms with Crippen LogP contribution in [0.2, 0.25) is 0 Å². The SMILES string of the molecule is CCC(C(C)C)n1c(C(C)Cl)nc2cc(F)c(C)cc21. The zero-order chi connectivity index (χ0) is 15.0. The van der Waals surface area contributed by atoms with Crippen molar-refractivity contribution >= 4 is 22.6 Å². The minimum Gasteiger partial charge on any atom is -0.323 e. The van der Waals surface area contributed by atoms with E-state index in [-0.39, 0.29) is 11.2 Å². The maximum atomic E-state index is 13.8. The lowest BCUT2D eigenvalue weighted by Crippen LogP contribution is -2.17. The first-order valence-electron chi connectivity index (χ1n) is 7.18. The van der Waals surface area contributed by atoms with E-state index in [0.29, 0.717) is 23.0 Å². The van der Waals surface area contributed by atoms with Gasteiger partial charge in [0, 0.05) is 12.1 Å². The number of aryl methyl sites for hydroxylation is 1. The quantitative estimate of drug-likeness (QED) is 0.692. The molecule has 1 aromatic heterocycles. The van der Waals surface area contributed by atoms with Crippen LogP contribution in [0.1, 0.15) is 56.9 Å². The summed E-state index contributed by atoms with van der Waals surface area (Å²) in [6.07, 6.45) is 0.996. The van der Waals surface area contributed by atoms with Crippen LogP contribution in [-0.2, 0) is 0 Å². The molecular weight excluding hydrogens is 275 g/mol. The predicted octanol–water partition coefficient (Wildman–Crippen LogP) is 5.39. The third-order valence-corrected chi connectivity index (χ3v) is 4.07. The maximum Gasteiger partial charge on any atom is 0.128 e. The average Bonchev–Trinajstić information content (AvgIpc) is 2.70. The minimum atomic E-state index is -0.214. The molecule has 20 heavy (non-hydrogen) atoms. The molecule has 0 fully saturated rings. The normalized spacial score (nSPS) is 15.0. The third-order valence-electron chi connectivity index (χ3n) is 3.87. The Kier molecular flexibility index (Phi) is 4.38. The van der Waals surface area contributed by atoms with Gasteiger partial charge in [0.15, 0.2) is 0 Å². The van der Waals surface area contributed by atoms with Crippen molar-refractivity contribution in [2.75, 3.05) is 0 Å². The molecule has 110 valence electrons. The summed E-state index contributed by atoms with van der Waals surface area (Å²) < 4.78 is 15.9. The summed E-state index contributed by atoms with van der Waals surface area (Å²) >= 11 is 6.29. The molecule has 0 aliphatic carbocycles. The number of alkyl halides is 1. The molecule has 0 bridgehead atoms. The number of hydrogen-bond donors (Lipinski definition) is 0. The lowest BCUT2D eigenvalue weighted by atomic mass is 10.0. The molecule has 0 radical (unpaired) electrons. The van der Waals surface area contributed by atoms with Gasteiger partial charge in [-0.05, 0) is 37.8 Å². The molecule has 0 aliphatic heterocycles. The van der Waals surface area contributed by atoms with Crippen molar-refractivity contribution in [3.63, 3.8) is 0 Å². The van der Waals surface area contributed by atoms with E-state index in [1.165, 1.54) is 6.07 Å². The Morgan fingerprint density at radius 3 is 2.45 bits per heavy atom. The second-order valence-electron chi connectivity index (χ2n) is 5.77. The first-order chi connectivity index (χ1) is 9.36. The van der Waals surface area contributed by atoms with Gasteiger partial charge in [-0.1, -0.05) is 20.8 Å². The first-order valence-corrected chi connectivity index (χ1v) is 7.62. The molecule has 2 atom stereocenters. The van der Waals surface area contributed by atoms with Gasteiger partial charge in [0.1, 0.15) is 11.6 Å². The number of imidazole rings is 1. The van der Waals surface area contributed by atoms with E-state index >= 15 is 0 Å². The summed E-state index contributed by atoms with van der Waals surface area (Å²) in [6.45, 7) is 10.2. The van der Waals surface area contributed by atoms with E-state index < -0.39 is 0 Å². The largest absolute Gasteiger partial charge is 0.323 e. The summed E-state index contributed by atoms with van der Waals surface area (Å²) in [4.78, 5) is 4.56. The molecule has 0 spiro atoms. The standard InChI is InChI=1S/C16H22ClFN2/c1-6-14(9(2)3)20-15-7-10(4)12(18)8-13(15)19-16(20)11(5)17/h7-9,11,14H,6H2,1-5H3. The number of aromatic nitrogens is 2. The molecule has 0 amide bonds. The average molecular weight is 297 g/mol. The van der Waals surface area contributed by atoms with Gasteiger partial charge in [-0.3, -0.25) is 0 Å². The Labute approximate surface area is 125 Å². The van der Waals surface area contributed by atoms with Crippen LogP contribution in [0.3, 0.4) is 0 Å². The number of hydrogen-bond acceptors (Lipinski definition) is 1. The Morgan fingerprint density at radius 2 is 1.95 bits per heavy atom. The fourth-order valence-corrected chi connectivity index (χ4v) is 2.97. The number of fused-ring (bicyclic) bond motifs is 1. The highest BCUT2D eigenvalue weighted by atomic mass is 35.5. The van der Waals surface area contributed by atoms with Crippen molar-refractivity contribution in [1.82, 2.24) is 9.55 Å². The van der Waals surface area contributed by atoms with Crippen molar-refractivity contribution in [1.29, 1.82) is 0 Å². The van der Waals surface area contributed by atoms with E-state index in [0.717, 1.165) is 17.8 Å². The third kappa shape index (κ3) is 2.56. The van der Waals surface area contributed by atoms with E-state index in [1.54, 1.807) is 6.92 Å². The van der Waals surface area contributed by atoms with Crippen LogP contribution in [0, 0.1) is 18.7 Å². The van der Waals surface area contributed by atoms with Gasteiger partial charge in [-0.25, -0.2) is 9.37 Å². The van der Waals surface area contributed by atoms with Crippen molar-refractivity contribution in [3.05, 3.63) is 29.3 Å². The molecule has 0 saturated heterocycles. The highest BCUT2D eigenvalue weighted by Gasteiger charge is 2.23. The van der Waals surface area contributed by atoms with Gasteiger partial charge < -0.3 is 4.57 Å². The van der Waals surface area contributed by atoms with Crippen molar-refractivity contribution < 1.29 is 4.39 Å². The van der Waals surface area contributed by atoms with Crippen LogP contribution < -0.4 is 0 Å². The summed E-state index contributed by atoms with van der Waals surface area (Å²) in [5.41, 5.74) is 2.31. The molecule has 2 unspecified atom stereocenters. The van der Waals surface area contributed by atoms with Gasteiger partial charge in [-0.2, -0.15) is 0 Å². The molecule has 0 N–H and O–H groups in total. The Morgan fingerprint density at radius 1 is 1.30 bits per heavy atom. The highest BCUT2D eigenvalue weighted by Crippen LogP contribution is 2.33. The van der Waals surface area contributed by atoms with E-state index in [1.807, 2.05) is 13.0 Å². The lowest BCUT2D eigenvalue weighted by Gasteiger charge is -2.25. The number of halogens is 2. The maximum absolute atomic E-state index is 13.8. The number of benzene rings is 1. The Balaban J connectivity index is 2.77. The van der Waals surface area contributed by atoms with Crippen molar-refractivity contribution in [2.24, 2.45) is 5.92 Å². The monoisotopic (exact) mass is 296 g/mol. The molecule has 2 nitrogen and oxygen atoms in total. The molecule has 2 rings (SSSR count). The molecule has 0 aliphatic rings. The second kappa shape index (κ2) is 5.72. The first kappa shape index (κ1) is 15.3. The predicted molar refractivity (Wildman–Crippen MR) is 82.9 cm³/mol. The van der Waals surface area contributed by atoms with E-state index in [2.05, 4.69) is 30.3 Å². The molecule has 0 saturated carbocycles. The summed E-state index contributed by atoms with van der Waals surface area (Å²) in [7, 11) is 0. The van der Waals surface area contributed by atoms with Crippen LogP contribution >= 0.6 is 11.6 Å². The lowest BCUT2D eigenvalue weighted by molar-refractivity contribution is 0.364. The summed E-state index contributed by atoms with van der Waals surface area (Å²) in [5.74, 6) is 1.08. The zero-order valence-corrected chi connectivity index (χ0v) is 13.5. The van der Waals surface area contributed by atoms with Crippen molar-refractivity contribution in [3.8, 4) is 0 Å². The van der Waals surface area contributed by atoms with Gasteiger partial charge in [0.25, 0.3) is 0 Å². The Bertz CT molecular complexity index is 616. The fraction of sp³-hybridized carbons (Fsp3) is 0.562.